The smallest absolute Gasteiger partial charge is 0.329 e. The van der Waals surface area contributed by atoms with Gasteiger partial charge in [-0.2, -0.15) is 0 Å². The van der Waals surface area contributed by atoms with Crippen molar-refractivity contribution in [2.24, 2.45) is 5.92 Å². The van der Waals surface area contributed by atoms with Crippen molar-refractivity contribution < 1.29 is 19.1 Å². The summed E-state index contributed by atoms with van der Waals surface area (Å²) in [7, 11) is 0. The summed E-state index contributed by atoms with van der Waals surface area (Å²) in [6.07, 6.45) is 1.23. The number of likely N-dealkylation sites (tertiary alicyclic amines) is 1. The van der Waals surface area contributed by atoms with Crippen LogP contribution in [0.3, 0.4) is 0 Å². The van der Waals surface area contributed by atoms with Gasteiger partial charge in [0.25, 0.3) is 0 Å². The maximum atomic E-state index is 11.8. The summed E-state index contributed by atoms with van der Waals surface area (Å²) < 4.78 is 4.93. The van der Waals surface area contributed by atoms with Crippen LogP contribution in [0.4, 0.5) is 0 Å². The molecule has 1 aliphatic heterocycles. The zero-order chi connectivity index (χ0) is 13.0. The van der Waals surface area contributed by atoms with Crippen molar-refractivity contribution in [3.63, 3.8) is 0 Å². The molecule has 1 saturated heterocycles. The molecule has 1 fully saturated rings. The molecule has 17 heavy (non-hydrogen) atoms. The first-order chi connectivity index (χ1) is 7.99. The van der Waals surface area contributed by atoms with Gasteiger partial charge in [0.15, 0.2) is 0 Å². The lowest BCUT2D eigenvalue weighted by molar-refractivity contribution is -0.165. The fourth-order valence-electron chi connectivity index (χ4n) is 1.98. The summed E-state index contributed by atoms with van der Waals surface area (Å²) in [6, 6.07) is -0.782. The van der Waals surface area contributed by atoms with Gasteiger partial charge >= 0.3 is 5.97 Å². The second-order valence-electron chi connectivity index (χ2n) is 4.45. The van der Waals surface area contributed by atoms with E-state index in [1.165, 1.54) is 0 Å². The van der Waals surface area contributed by atoms with Crippen molar-refractivity contribution in [2.45, 2.75) is 46.1 Å². The molecule has 0 N–H and O–H groups in total. The minimum Gasteiger partial charge on any atom is -0.464 e. The fourth-order valence-corrected chi connectivity index (χ4v) is 1.98. The second kappa shape index (κ2) is 5.80. The Balaban J connectivity index is 2.92. The lowest BCUT2D eigenvalue weighted by Crippen LogP contribution is -2.53. The molecule has 0 radical (unpaired) electrons. The third-order valence-electron chi connectivity index (χ3n) is 2.76. The fraction of sp³-hybridized carbons (Fsp3) is 0.750. The quantitative estimate of drug-likeness (QED) is 0.546. The van der Waals surface area contributed by atoms with Crippen LogP contribution in [0, 0.1) is 5.92 Å². The number of amides is 2. The molecule has 96 valence electrons. The van der Waals surface area contributed by atoms with Crippen molar-refractivity contribution in [3.8, 4) is 0 Å². The van der Waals surface area contributed by atoms with Crippen molar-refractivity contribution in [3.05, 3.63) is 0 Å². The van der Waals surface area contributed by atoms with Crippen molar-refractivity contribution in [1.29, 1.82) is 0 Å². The first-order valence-corrected chi connectivity index (χ1v) is 6.00. The number of carbonyl (C=O) groups excluding carboxylic acids is 3. The van der Waals surface area contributed by atoms with Crippen LogP contribution < -0.4 is 0 Å². The van der Waals surface area contributed by atoms with Crippen LogP contribution in [0.15, 0.2) is 0 Å². The van der Waals surface area contributed by atoms with E-state index in [1.807, 2.05) is 0 Å². The Hall–Kier alpha value is -1.39. The van der Waals surface area contributed by atoms with E-state index in [9.17, 15) is 14.4 Å². The Morgan fingerprint density at radius 3 is 2.24 bits per heavy atom. The Labute approximate surface area is 101 Å². The predicted molar refractivity (Wildman–Crippen MR) is 61.0 cm³/mol. The normalized spacial score (nSPS) is 18.5. The number of carbonyl (C=O) groups is 3. The molecule has 0 saturated carbocycles. The Bertz CT molecular complexity index is 308. The number of rotatable bonds is 4. The molecule has 1 heterocycles. The van der Waals surface area contributed by atoms with Crippen molar-refractivity contribution in [1.82, 2.24) is 4.90 Å². The van der Waals surface area contributed by atoms with E-state index in [1.54, 1.807) is 20.8 Å². The number of hydrogen-bond acceptors (Lipinski definition) is 4. The maximum Gasteiger partial charge on any atom is 0.329 e. The average Bonchev–Trinajstić information content (AvgIpc) is 2.23. The van der Waals surface area contributed by atoms with Gasteiger partial charge in [-0.25, -0.2) is 4.79 Å². The van der Waals surface area contributed by atoms with Gasteiger partial charge in [-0.1, -0.05) is 13.8 Å². The molecule has 0 spiro atoms. The third-order valence-corrected chi connectivity index (χ3v) is 2.76. The SMILES string of the molecule is CCOC(=O)[C@H](C(C)C)N1C(=O)CCCC1=O. The third kappa shape index (κ3) is 3.05. The number of nitrogens with zero attached hydrogens (tertiary/aromatic N) is 1. The molecular formula is C12H19NO4. The van der Waals surface area contributed by atoms with Crippen LogP contribution in [0.5, 0.6) is 0 Å². The molecule has 0 aromatic rings. The van der Waals surface area contributed by atoms with Crippen molar-refractivity contribution >= 4 is 17.8 Å². The zero-order valence-electron chi connectivity index (χ0n) is 10.6. The van der Waals surface area contributed by atoms with Crippen LogP contribution in [0.1, 0.15) is 40.0 Å². The monoisotopic (exact) mass is 241 g/mol. The van der Waals surface area contributed by atoms with Gasteiger partial charge in [-0.15, -0.1) is 0 Å². The first-order valence-electron chi connectivity index (χ1n) is 6.00. The minimum atomic E-state index is -0.782. The molecule has 0 aromatic heterocycles. The molecule has 0 unspecified atom stereocenters. The molecule has 0 aliphatic carbocycles. The van der Waals surface area contributed by atoms with Gasteiger partial charge in [0.2, 0.25) is 11.8 Å². The van der Waals surface area contributed by atoms with Gasteiger partial charge < -0.3 is 4.74 Å². The summed E-state index contributed by atoms with van der Waals surface area (Å²) in [5, 5.41) is 0. The summed E-state index contributed by atoms with van der Waals surface area (Å²) in [4.78, 5) is 36.4. The van der Waals surface area contributed by atoms with Gasteiger partial charge in [-0.3, -0.25) is 14.5 Å². The molecular weight excluding hydrogens is 222 g/mol. The number of imide groups is 1. The number of ether oxygens (including phenoxy) is 1. The number of esters is 1. The lowest BCUT2D eigenvalue weighted by Gasteiger charge is -2.33. The van der Waals surface area contributed by atoms with Crippen LogP contribution in [-0.4, -0.2) is 35.3 Å². The highest BCUT2D eigenvalue weighted by molar-refractivity contribution is 6.01. The lowest BCUT2D eigenvalue weighted by atomic mass is 9.98. The van der Waals surface area contributed by atoms with E-state index in [4.69, 9.17) is 4.74 Å². The summed E-state index contributed by atoms with van der Waals surface area (Å²) in [6.45, 7) is 5.56. The molecule has 5 nitrogen and oxygen atoms in total. The van der Waals surface area contributed by atoms with E-state index >= 15 is 0 Å². The van der Waals surface area contributed by atoms with E-state index < -0.39 is 12.0 Å². The number of hydrogen-bond donors (Lipinski definition) is 0. The Morgan fingerprint density at radius 2 is 1.82 bits per heavy atom. The van der Waals surface area contributed by atoms with Gasteiger partial charge in [0.1, 0.15) is 6.04 Å². The molecule has 2 amide bonds. The largest absolute Gasteiger partial charge is 0.464 e. The maximum absolute atomic E-state index is 11.8. The van der Waals surface area contributed by atoms with Crippen LogP contribution in [-0.2, 0) is 19.1 Å². The van der Waals surface area contributed by atoms with Crippen LogP contribution in [0.2, 0.25) is 0 Å². The topological polar surface area (TPSA) is 63.7 Å². The summed E-state index contributed by atoms with van der Waals surface area (Å²) >= 11 is 0. The van der Waals surface area contributed by atoms with E-state index in [2.05, 4.69) is 0 Å². The Kier molecular flexibility index (Phi) is 4.66. The molecule has 0 bridgehead atoms. The standard InChI is InChI=1S/C12H19NO4/c1-4-17-12(16)11(8(2)3)13-9(14)6-5-7-10(13)15/h8,11H,4-7H2,1-3H3/t11-/m0/s1. The summed E-state index contributed by atoms with van der Waals surface area (Å²) in [5.41, 5.74) is 0. The molecule has 5 heteroatoms. The van der Waals surface area contributed by atoms with E-state index in [-0.39, 0.29) is 24.3 Å². The van der Waals surface area contributed by atoms with Crippen molar-refractivity contribution in [2.75, 3.05) is 6.61 Å². The highest BCUT2D eigenvalue weighted by atomic mass is 16.5. The first kappa shape index (κ1) is 13.7. The Morgan fingerprint density at radius 1 is 1.29 bits per heavy atom. The van der Waals surface area contributed by atoms with Gasteiger partial charge in [0, 0.05) is 12.8 Å². The molecule has 1 aliphatic rings. The van der Waals surface area contributed by atoms with Gasteiger partial charge in [-0.05, 0) is 19.3 Å². The highest BCUT2D eigenvalue weighted by Crippen LogP contribution is 2.21. The molecule has 1 rings (SSSR count). The predicted octanol–water partition coefficient (Wildman–Crippen LogP) is 1.11. The summed E-state index contributed by atoms with van der Waals surface area (Å²) in [5.74, 6) is -1.17. The number of piperidine rings is 1. The highest BCUT2D eigenvalue weighted by Gasteiger charge is 2.39. The molecule has 1 atom stereocenters. The minimum absolute atomic E-state index is 0.139. The second-order valence-corrected chi connectivity index (χ2v) is 4.45. The molecule has 0 aromatic carbocycles. The van der Waals surface area contributed by atoms with E-state index in [0.717, 1.165) is 4.90 Å². The van der Waals surface area contributed by atoms with Crippen LogP contribution in [0.25, 0.3) is 0 Å². The van der Waals surface area contributed by atoms with Gasteiger partial charge in [0.05, 0.1) is 6.61 Å². The van der Waals surface area contributed by atoms with E-state index in [0.29, 0.717) is 19.3 Å². The van der Waals surface area contributed by atoms with Crippen LogP contribution >= 0.6 is 0 Å². The zero-order valence-corrected chi connectivity index (χ0v) is 10.6. The average molecular weight is 241 g/mol.